The van der Waals surface area contributed by atoms with Gasteiger partial charge in [0.05, 0.1) is 10.5 Å². The zero-order chi connectivity index (χ0) is 23.2. The second kappa shape index (κ2) is 14.0. The molecule has 0 bridgehead atoms. The number of carbonyl (C=O) groups excluding carboxylic acids is 2. The molecule has 172 valence electrons. The fourth-order valence-corrected chi connectivity index (χ4v) is 3.35. The van der Waals surface area contributed by atoms with Crippen LogP contribution >= 0.6 is 0 Å². The van der Waals surface area contributed by atoms with Gasteiger partial charge in [0.15, 0.2) is 0 Å². The van der Waals surface area contributed by atoms with E-state index in [4.69, 9.17) is 4.74 Å². The highest BCUT2D eigenvalue weighted by molar-refractivity contribution is 5.89. The van der Waals surface area contributed by atoms with Crippen molar-refractivity contribution in [1.29, 1.82) is 0 Å². The number of hydrogen-bond donors (Lipinski definition) is 1. The van der Waals surface area contributed by atoms with Crippen molar-refractivity contribution in [2.75, 3.05) is 0 Å². The molecule has 1 N–H and O–H groups in total. The molecule has 32 heavy (non-hydrogen) atoms. The number of ether oxygens (including phenoxy) is 1. The van der Waals surface area contributed by atoms with Crippen molar-refractivity contribution in [3.05, 3.63) is 75.8 Å². The molecule has 2 aromatic rings. The highest BCUT2D eigenvalue weighted by atomic mass is 16.6. The zero-order valence-electron chi connectivity index (χ0n) is 18.6. The normalized spacial score (nSPS) is 11.5. The van der Waals surface area contributed by atoms with E-state index in [1.165, 1.54) is 30.7 Å². The van der Waals surface area contributed by atoms with Crippen LogP contribution in [0.2, 0.25) is 0 Å². The number of unbranched alkanes of at least 4 members (excludes halogenated alkanes) is 4. The van der Waals surface area contributed by atoms with Gasteiger partial charge in [0.1, 0.15) is 6.10 Å². The van der Waals surface area contributed by atoms with Crippen molar-refractivity contribution < 1.29 is 19.2 Å². The number of nitro groups is 1. The minimum atomic E-state index is -0.525. The van der Waals surface area contributed by atoms with Crippen molar-refractivity contribution >= 4 is 17.6 Å². The summed E-state index contributed by atoms with van der Waals surface area (Å²) < 4.78 is 5.67. The van der Waals surface area contributed by atoms with Crippen molar-refractivity contribution in [2.24, 2.45) is 0 Å². The summed E-state index contributed by atoms with van der Waals surface area (Å²) >= 11 is 0. The molecule has 0 aliphatic carbocycles. The van der Waals surface area contributed by atoms with Crippen LogP contribution < -0.4 is 5.32 Å². The van der Waals surface area contributed by atoms with Crippen LogP contribution in [0, 0.1) is 10.1 Å². The van der Waals surface area contributed by atoms with Crippen LogP contribution in [0.5, 0.6) is 0 Å². The van der Waals surface area contributed by atoms with Crippen molar-refractivity contribution in [2.45, 2.75) is 70.9 Å². The first-order valence-electron chi connectivity index (χ1n) is 11.3. The molecule has 0 aliphatic rings. The van der Waals surface area contributed by atoms with Gasteiger partial charge in [0.2, 0.25) is 5.91 Å². The minimum absolute atomic E-state index is 0.0795. The Kier molecular flexibility index (Phi) is 10.9. The summed E-state index contributed by atoms with van der Waals surface area (Å²) in [6, 6.07) is 15.0. The molecule has 7 heteroatoms. The van der Waals surface area contributed by atoms with Gasteiger partial charge in [-0.3, -0.25) is 14.9 Å². The molecule has 0 spiro atoms. The number of nitro benzene ring substituents is 1. The van der Waals surface area contributed by atoms with E-state index < -0.39 is 10.9 Å². The van der Waals surface area contributed by atoms with E-state index in [2.05, 4.69) is 12.2 Å². The maximum atomic E-state index is 12.5. The predicted octanol–water partition coefficient (Wildman–Crippen LogP) is 5.58. The van der Waals surface area contributed by atoms with Gasteiger partial charge in [0, 0.05) is 25.1 Å². The number of rotatable bonds is 14. The van der Waals surface area contributed by atoms with Crippen molar-refractivity contribution in [3.8, 4) is 0 Å². The number of benzene rings is 2. The Labute approximate surface area is 189 Å². The van der Waals surface area contributed by atoms with Gasteiger partial charge < -0.3 is 10.1 Å². The average Bonchev–Trinajstić information content (AvgIpc) is 2.81. The van der Waals surface area contributed by atoms with E-state index in [0.717, 1.165) is 31.2 Å². The van der Waals surface area contributed by atoms with E-state index in [0.29, 0.717) is 19.4 Å². The lowest BCUT2D eigenvalue weighted by atomic mass is 10.0. The molecule has 0 heterocycles. The lowest BCUT2D eigenvalue weighted by Gasteiger charge is -2.18. The molecule has 0 aliphatic heterocycles. The lowest BCUT2D eigenvalue weighted by Crippen LogP contribution is -2.25. The number of hydrogen-bond acceptors (Lipinski definition) is 5. The van der Waals surface area contributed by atoms with Crippen LogP contribution in [-0.2, 0) is 16.1 Å². The second-order valence-electron chi connectivity index (χ2n) is 7.84. The van der Waals surface area contributed by atoms with Gasteiger partial charge in [-0.15, -0.1) is 0 Å². The lowest BCUT2D eigenvalue weighted by molar-refractivity contribution is -0.384. The first-order chi connectivity index (χ1) is 15.5. The second-order valence-corrected chi connectivity index (χ2v) is 7.84. The van der Waals surface area contributed by atoms with Gasteiger partial charge in [-0.25, -0.2) is 4.79 Å². The summed E-state index contributed by atoms with van der Waals surface area (Å²) in [4.78, 5) is 35.1. The third-order valence-corrected chi connectivity index (χ3v) is 5.24. The Balaban J connectivity index is 1.88. The maximum absolute atomic E-state index is 12.5. The SMILES string of the molecule is CCCCCCC[C@@H](CCC(=O)NCc1ccccc1)OC(=O)c1ccc([N+](=O)[O-])cc1. The summed E-state index contributed by atoms with van der Waals surface area (Å²) in [5.41, 5.74) is 1.21. The highest BCUT2D eigenvalue weighted by Gasteiger charge is 2.18. The Hall–Kier alpha value is -3.22. The van der Waals surface area contributed by atoms with Crippen LogP contribution in [0.25, 0.3) is 0 Å². The zero-order valence-corrected chi connectivity index (χ0v) is 18.6. The Morgan fingerprint density at radius 1 is 0.969 bits per heavy atom. The fraction of sp³-hybridized carbons (Fsp3) is 0.440. The van der Waals surface area contributed by atoms with Gasteiger partial charge in [-0.2, -0.15) is 0 Å². The summed E-state index contributed by atoms with van der Waals surface area (Å²) in [7, 11) is 0. The van der Waals surface area contributed by atoms with Gasteiger partial charge in [0.25, 0.3) is 5.69 Å². The van der Waals surface area contributed by atoms with Crippen LogP contribution in [0.4, 0.5) is 5.69 Å². The molecule has 2 aromatic carbocycles. The van der Waals surface area contributed by atoms with Gasteiger partial charge >= 0.3 is 5.97 Å². The van der Waals surface area contributed by atoms with E-state index in [-0.39, 0.29) is 29.7 Å². The van der Waals surface area contributed by atoms with Crippen LogP contribution in [0.15, 0.2) is 54.6 Å². The average molecular weight is 441 g/mol. The first kappa shape index (κ1) is 25.0. The molecule has 2 rings (SSSR count). The van der Waals surface area contributed by atoms with Crippen molar-refractivity contribution in [1.82, 2.24) is 5.32 Å². The largest absolute Gasteiger partial charge is 0.459 e. The third-order valence-electron chi connectivity index (χ3n) is 5.24. The molecule has 0 saturated carbocycles. The highest BCUT2D eigenvalue weighted by Crippen LogP contribution is 2.18. The van der Waals surface area contributed by atoms with E-state index >= 15 is 0 Å². The number of amides is 1. The molecule has 0 saturated heterocycles. The molecular formula is C25H32N2O5. The minimum Gasteiger partial charge on any atom is -0.459 e. The number of esters is 1. The molecule has 1 amide bonds. The first-order valence-corrected chi connectivity index (χ1v) is 11.3. The maximum Gasteiger partial charge on any atom is 0.338 e. The van der Waals surface area contributed by atoms with E-state index in [1.807, 2.05) is 30.3 Å². The molecule has 0 fully saturated rings. The van der Waals surface area contributed by atoms with E-state index in [1.54, 1.807) is 0 Å². The topological polar surface area (TPSA) is 98.5 Å². The number of nitrogens with one attached hydrogen (secondary N) is 1. The predicted molar refractivity (Wildman–Crippen MR) is 123 cm³/mol. The molecule has 0 radical (unpaired) electrons. The summed E-state index contributed by atoms with van der Waals surface area (Å²) in [6.45, 7) is 2.62. The third kappa shape index (κ3) is 9.29. The summed E-state index contributed by atoms with van der Waals surface area (Å²) in [5, 5.41) is 13.7. The molecular weight excluding hydrogens is 408 g/mol. The Bertz CT molecular complexity index is 852. The summed E-state index contributed by atoms with van der Waals surface area (Å²) in [6.07, 6.45) is 6.46. The molecule has 0 unspecified atom stereocenters. The monoisotopic (exact) mass is 440 g/mol. The van der Waals surface area contributed by atoms with Crippen LogP contribution in [0.1, 0.15) is 74.2 Å². The van der Waals surface area contributed by atoms with E-state index in [9.17, 15) is 19.7 Å². The number of carbonyl (C=O) groups is 2. The Morgan fingerprint density at radius 2 is 1.66 bits per heavy atom. The van der Waals surface area contributed by atoms with Crippen molar-refractivity contribution in [3.63, 3.8) is 0 Å². The fourth-order valence-electron chi connectivity index (χ4n) is 3.35. The number of nitrogens with zero attached hydrogens (tertiary/aromatic N) is 1. The van der Waals surface area contributed by atoms with Crippen LogP contribution in [-0.4, -0.2) is 22.9 Å². The standard InChI is InChI=1S/C25H32N2O5/c1-2-3-4-5-9-12-23(17-18-24(28)26-19-20-10-7-6-8-11-20)32-25(29)21-13-15-22(16-14-21)27(30)31/h6-8,10-11,13-16,23H,2-5,9,12,17-19H2,1H3,(H,26,28)/t23-/m0/s1. The molecule has 7 nitrogen and oxygen atoms in total. The molecule has 1 atom stereocenters. The van der Waals surface area contributed by atoms with Gasteiger partial charge in [-0.1, -0.05) is 62.9 Å². The van der Waals surface area contributed by atoms with Gasteiger partial charge in [-0.05, 0) is 37.0 Å². The quantitative estimate of drug-likeness (QED) is 0.179. The molecule has 0 aromatic heterocycles. The number of non-ortho nitro benzene ring substituents is 1. The summed E-state index contributed by atoms with van der Waals surface area (Å²) in [5.74, 6) is -0.612. The Morgan fingerprint density at radius 3 is 2.31 bits per heavy atom. The van der Waals surface area contributed by atoms with Crippen LogP contribution in [0.3, 0.4) is 0 Å². The smallest absolute Gasteiger partial charge is 0.338 e.